The van der Waals surface area contributed by atoms with Gasteiger partial charge in [-0.1, -0.05) is 6.07 Å². The number of aromatic nitrogens is 1. The Bertz CT molecular complexity index is 487. The lowest BCUT2D eigenvalue weighted by Gasteiger charge is -2.59. The largest absolute Gasteiger partial charge is 0.308 e. The molecule has 114 valence electrons. The standard InChI is InChI=1S/C19H28N2/c1-13-4-3-5-20-18(13)12-21-14(2)19-9-15-6-16(10-19)8-17(7-15)11-19/h3-5,14-17,21H,6-12H2,1-2H3. The highest BCUT2D eigenvalue weighted by Gasteiger charge is 2.52. The van der Waals surface area contributed by atoms with E-state index in [1.165, 1.54) is 49.8 Å². The molecule has 0 aliphatic heterocycles. The fourth-order valence-electron chi connectivity index (χ4n) is 5.88. The van der Waals surface area contributed by atoms with E-state index in [0.29, 0.717) is 11.5 Å². The molecule has 0 spiro atoms. The lowest BCUT2D eigenvalue weighted by molar-refractivity contribution is -0.0707. The van der Waals surface area contributed by atoms with E-state index < -0.39 is 0 Å². The van der Waals surface area contributed by atoms with Gasteiger partial charge in [0, 0.05) is 18.8 Å². The molecule has 4 saturated carbocycles. The summed E-state index contributed by atoms with van der Waals surface area (Å²) in [4.78, 5) is 4.53. The zero-order chi connectivity index (χ0) is 14.4. The van der Waals surface area contributed by atoms with Crippen LogP contribution in [0.4, 0.5) is 0 Å². The molecule has 0 aromatic carbocycles. The van der Waals surface area contributed by atoms with Crippen LogP contribution in [0.25, 0.3) is 0 Å². The van der Waals surface area contributed by atoms with Gasteiger partial charge in [-0.15, -0.1) is 0 Å². The van der Waals surface area contributed by atoms with Crippen molar-refractivity contribution in [2.24, 2.45) is 23.2 Å². The van der Waals surface area contributed by atoms with E-state index in [2.05, 4.69) is 30.2 Å². The average molecular weight is 284 g/mol. The molecule has 1 aromatic rings. The molecule has 1 unspecified atom stereocenters. The zero-order valence-corrected chi connectivity index (χ0v) is 13.4. The Labute approximate surface area is 128 Å². The third kappa shape index (κ3) is 2.42. The molecule has 4 aliphatic rings. The summed E-state index contributed by atoms with van der Waals surface area (Å²) >= 11 is 0. The van der Waals surface area contributed by atoms with Gasteiger partial charge in [-0.3, -0.25) is 4.98 Å². The number of pyridine rings is 1. The topological polar surface area (TPSA) is 24.9 Å². The van der Waals surface area contributed by atoms with Gasteiger partial charge in [0.2, 0.25) is 0 Å². The first-order chi connectivity index (χ1) is 10.1. The van der Waals surface area contributed by atoms with Crippen LogP contribution in [0.1, 0.15) is 56.7 Å². The lowest BCUT2D eigenvalue weighted by Crippen LogP contribution is -2.54. The molecule has 1 N–H and O–H groups in total. The smallest absolute Gasteiger partial charge is 0.0570 e. The van der Waals surface area contributed by atoms with Crippen LogP contribution >= 0.6 is 0 Å². The summed E-state index contributed by atoms with van der Waals surface area (Å²) in [7, 11) is 0. The molecular formula is C19H28N2. The summed E-state index contributed by atoms with van der Waals surface area (Å²) in [5.41, 5.74) is 3.12. The maximum absolute atomic E-state index is 4.53. The van der Waals surface area contributed by atoms with Gasteiger partial charge in [0.05, 0.1) is 5.69 Å². The van der Waals surface area contributed by atoms with Crippen molar-refractivity contribution in [3.8, 4) is 0 Å². The molecular weight excluding hydrogens is 256 g/mol. The van der Waals surface area contributed by atoms with Crippen molar-refractivity contribution in [2.45, 2.75) is 65.0 Å². The van der Waals surface area contributed by atoms with E-state index in [4.69, 9.17) is 0 Å². The van der Waals surface area contributed by atoms with Crippen molar-refractivity contribution in [1.29, 1.82) is 0 Å². The van der Waals surface area contributed by atoms with Crippen molar-refractivity contribution in [3.05, 3.63) is 29.6 Å². The highest BCUT2D eigenvalue weighted by molar-refractivity contribution is 5.17. The Balaban J connectivity index is 1.45. The number of nitrogens with one attached hydrogen (secondary N) is 1. The van der Waals surface area contributed by atoms with Crippen molar-refractivity contribution in [3.63, 3.8) is 0 Å². The number of hydrogen-bond acceptors (Lipinski definition) is 2. The molecule has 1 atom stereocenters. The van der Waals surface area contributed by atoms with Crippen LogP contribution in [0.3, 0.4) is 0 Å². The van der Waals surface area contributed by atoms with E-state index in [-0.39, 0.29) is 0 Å². The molecule has 5 rings (SSSR count). The van der Waals surface area contributed by atoms with E-state index in [9.17, 15) is 0 Å². The van der Waals surface area contributed by atoms with Crippen LogP contribution < -0.4 is 5.32 Å². The van der Waals surface area contributed by atoms with Crippen LogP contribution in [0.5, 0.6) is 0 Å². The Morgan fingerprint density at radius 1 is 1.19 bits per heavy atom. The summed E-state index contributed by atoms with van der Waals surface area (Å²) < 4.78 is 0. The predicted molar refractivity (Wildman–Crippen MR) is 85.9 cm³/mol. The Kier molecular flexibility index (Phi) is 3.33. The number of rotatable bonds is 4. The number of hydrogen-bond donors (Lipinski definition) is 1. The molecule has 1 aromatic heterocycles. The van der Waals surface area contributed by atoms with Crippen molar-refractivity contribution >= 4 is 0 Å². The molecule has 2 nitrogen and oxygen atoms in total. The minimum Gasteiger partial charge on any atom is -0.308 e. The van der Waals surface area contributed by atoms with Gasteiger partial charge >= 0.3 is 0 Å². The predicted octanol–water partition coefficient (Wildman–Crippen LogP) is 4.08. The van der Waals surface area contributed by atoms with Gasteiger partial charge in [-0.25, -0.2) is 0 Å². The Morgan fingerprint density at radius 2 is 1.81 bits per heavy atom. The third-order valence-electron chi connectivity index (χ3n) is 6.70. The second-order valence-electron chi connectivity index (χ2n) is 8.15. The molecule has 4 fully saturated rings. The maximum Gasteiger partial charge on any atom is 0.0570 e. The number of aryl methyl sites for hydroxylation is 1. The van der Waals surface area contributed by atoms with E-state index in [0.717, 1.165) is 24.3 Å². The van der Waals surface area contributed by atoms with Crippen molar-refractivity contribution < 1.29 is 0 Å². The summed E-state index contributed by atoms with van der Waals surface area (Å²) in [6, 6.07) is 4.83. The SMILES string of the molecule is Cc1cccnc1CNC(C)C12CC3CC(CC(C3)C1)C2. The monoisotopic (exact) mass is 284 g/mol. The Morgan fingerprint density at radius 3 is 2.38 bits per heavy atom. The van der Waals surface area contributed by atoms with Gasteiger partial charge in [0.25, 0.3) is 0 Å². The van der Waals surface area contributed by atoms with Crippen molar-refractivity contribution in [2.75, 3.05) is 0 Å². The molecule has 4 bridgehead atoms. The number of nitrogens with zero attached hydrogens (tertiary/aromatic N) is 1. The van der Waals surface area contributed by atoms with E-state index in [1.54, 1.807) is 0 Å². The van der Waals surface area contributed by atoms with Crippen LogP contribution in [-0.2, 0) is 6.54 Å². The van der Waals surface area contributed by atoms with Gasteiger partial charge < -0.3 is 5.32 Å². The van der Waals surface area contributed by atoms with Crippen LogP contribution in [0.15, 0.2) is 18.3 Å². The fourth-order valence-corrected chi connectivity index (χ4v) is 5.88. The zero-order valence-electron chi connectivity index (χ0n) is 13.4. The molecule has 21 heavy (non-hydrogen) atoms. The second kappa shape index (κ2) is 5.08. The summed E-state index contributed by atoms with van der Waals surface area (Å²) in [5, 5.41) is 3.83. The quantitative estimate of drug-likeness (QED) is 0.901. The highest BCUT2D eigenvalue weighted by atomic mass is 14.9. The summed E-state index contributed by atoms with van der Waals surface area (Å²) in [5.74, 6) is 3.12. The molecule has 1 heterocycles. The minimum atomic E-state index is 0.595. The first kappa shape index (κ1) is 13.8. The minimum absolute atomic E-state index is 0.595. The second-order valence-corrected chi connectivity index (χ2v) is 8.15. The van der Waals surface area contributed by atoms with Gasteiger partial charge in [-0.05, 0) is 87.2 Å². The molecule has 0 saturated heterocycles. The summed E-state index contributed by atoms with van der Waals surface area (Å²) in [6.07, 6.45) is 11.0. The third-order valence-corrected chi connectivity index (χ3v) is 6.70. The first-order valence-corrected chi connectivity index (χ1v) is 8.78. The fraction of sp³-hybridized carbons (Fsp3) is 0.737. The van der Waals surface area contributed by atoms with Gasteiger partial charge in [0.1, 0.15) is 0 Å². The maximum atomic E-state index is 4.53. The van der Waals surface area contributed by atoms with Gasteiger partial charge in [0.15, 0.2) is 0 Å². The summed E-state index contributed by atoms with van der Waals surface area (Å²) in [6.45, 7) is 5.53. The lowest BCUT2D eigenvalue weighted by atomic mass is 9.48. The van der Waals surface area contributed by atoms with Crippen LogP contribution in [0, 0.1) is 30.1 Å². The van der Waals surface area contributed by atoms with Crippen molar-refractivity contribution in [1.82, 2.24) is 10.3 Å². The highest BCUT2D eigenvalue weighted by Crippen LogP contribution is 2.61. The van der Waals surface area contributed by atoms with Crippen LogP contribution in [-0.4, -0.2) is 11.0 Å². The van der Waals surface area contributed by atoms with E-state index in [1.807, 2.05) is 12.3 Å². The molecule has 4 aliphatic carbocycles. The molecule has 0 amide bonds. The Hall–Kier alpha value is -0.890. The normalized spacial score (nSPS) is 38.7. The average Bonchev–Trinajstić information content (AvgIpc) is 2.44. The van der Waals surface area contributed by atoms with E-state index >= 15 is 0 Å². The van der Waals surface area contributed by atoms with Gasteiger partial charge in [-0.2, -0.15) is 0 Å². The molecule has 2 heteroatoms. The first-order valence-electron chi connectivity index (χ1n) is 8.78. The van der Waals surface area contributed by atoms with Crippen LogP contribution in [0.2, 0.25) is 0 Å². The molecule has 0 radical (unpaired) electrons.